The predicted molar refractivity (Wildman–Crippen MR) is 76.9 cm³/mol. The number of amides is 2. The number of alkyl halides is 1. The summed E-state index contributed by atoms with van der Waals surface area (Å²) in [6.07, 6.45) is 6.86. The second-order valence-corrected chi connectivity index (χ2v) is 8.22. The maximum absolute atomic E-state index is 12.5. The monoisotopic (exact) mass is 298 g/mol. The summed E-state index contributed by atoms with van der Waals surface area (Å²) in [4.78, 5) is 14.4. The molecule has 2 atom stereocenters. The zero-order valence-electron chi connectivity index (χ0n) is 11.9. The van der Waals surface area contributed by atoms with Gasteiger partial charge in [-0.25, -0.2) is 4.79 Å². The van der Waals surface area contributed by atoms with Crippen LogP contribution in [0.2, 0.25) is 0 Å². The summed E-state index contributed by atoms with van der Waals surface area (Å²) >= 11 is 6.80. The van der Waals surface area contributed by atoms with E-state index in [1.54, 1.807) is 0 Å². The van der Waals surface area contributed by atoms with E-state index in [9.17, 15) is 4.79 Å². The van der Waals surface area contributed by atoms with Gasteiger partial charge in [0.15, 0.2) is 0 Å². The molecule has 1 aliphatic heterocycles. The minimum absolute atomic E-state index is 0.0266. The van der Waals surface area contributed by atoms with E-state index in [-0.39, 0.29) is 16.4 Å². The molecule has 2 amide bonds. The van der Waals surface area contributed by atoms with E-state index in [2.05, 4.69) is 5.32 Å². The molecule has 0 aromatic rings. The van der Waals surface area contributed by atoms with E-state index in [4.69, 9.17) is 16.3 Å². The van der Waals surface area contributed by atoms with Crippen molar-refractivity contribution in [3.63, 3.8) is 0 Å². The number of hydrogen-bond donors (Lipinski definition) is 1. The van der Waals surface area contributed by atoms with Crippen LogP contribution in [0.3, 0.4) is 0 Å². The molecule has 4 bridgehead atoms. The number of carbonyl (C=O) groups excluding carboxylic acids is 1. The predicted octanol–water partition coefficient (Wildman–Crippen LogP) is 2.36. The van der Waals surface area contributed by atoms with Crippen LogP contribution in [0.1, 0.15) is 38.5 Å². The second kappa shape index (κ2) is 4.51. The topological polar surface area (TPSA) is 41.6 Å². The highest BCUT2D eigenvalue weighted by atomic mass is 35.5. The van der Waals surface area contributed by atoms with E-state index >= 15 is 0 Å². The van der Waals surface area contributed by atoms with Gasteiger partial charge in [-0.15, -0.1) is 11.6 Å². The van der Waals surface area contributed by atoms with Crippen LogP contribution in [0.25, 0.3) is 0 Å². The summed E-state index contributed by atoms with van der Waals surface area (Å²) in [5, 5.41) is 3.37. The number of nitrogens with one attached hydrogen (secondary N) is 1. The highest BCUT2D eigenvalue weighted by Crippen LogP contribution is 2.59. The first-order valence-electron chi connectivity index (χ1n) is 7.90. The van der Waals surface area contributed by atoms with E-state index < -0.39 is 0 Å². The number of hydrogen-bond acceptors (Lipinski definition) is 2. The lowest BCUT2D eigenvalue weighted by atomic mass is 9.52. The molecule has 5 heteroatoms. The lowest BCUT2D eigenvalue weighted by molar-refractivity contribution is -0.00659. The minimum atomic E-state index is -0.0393. The molecule has 4 aliphatic carbocycles. The molecule has 0 unspecified atom stereocenters. The summed E-state index contributed by atoms with van der Waals surface area (Å²) in [5.41, 5.74) is -0.0266. The summed E-state index contributed by atoms with van der Waals surface area (Å²) in [6.45, 7) is 2.73. The normalized spacial score (nSPS) is 46.5. The number of rotatable bonds is 1. The Morgan fingerprint density at radius 3 is 2.40 bits per heavy atom. The Morgan fingerprint density at radius 2 is 1.80 bits per heavy atom. The van der Waals surface area contributed by atoms with Crippen LogP contribution in [0, 0.1) is 11.8 Å². The number of urea groups is 1. The fraction of sp³-hybridized carbons (Fsp3) is 0.933. The highest BCUT2D eigenvalue weighted by molar-refractivity contribution is 6.24. The number of nitrogens with zero attached hydrogens (tertiary/aromatic N) is 1. The van der Waals surface area contributed by atoms with Crippen LogP contribution in [-0.2, 0) is 4.74 Å². The van der Waals surface area contributed by atoms with Crippen molar-refractivity contribution in [3.8, 4) is 0 Å². The van der Waals surface area contributed by atoms with Crippen molar-refractivity contribution in [3.05, 3.63) is 0 Å². The van der Waals surface area contributed by atoms with Crippen molar-refractivity contribution in [2.75, 3.05) is 26.3 Å². The van der Waals surface area contributed by atoms with Gasteiger partial charge in [0.05, 0.1) is 13.2 Å². The Labute approximate surface area is 125 Å². The Kier molecular flexibility index (Phi) is 2.97. The van der Waals surface area contributed by atoms with Gasteiger partial charge in [-0.1, -0.05) is 0 Å². The average molecular weight is 299 g/mol. The molecule has 0 spiro atoms. The Morgan fingerprint density at radius 1 is 1.15 bits per heavy atom. The zero-order valence-corrected chi connectivity index (χ0v) is 12.6. The molecule has 1 saturated heterocycles. The van der Waals surface area contributed by atoms with Gasteiger partial charge in [-0.05, 0) is 50.4 Å². The molecule has 5 fully saturated rings. The first-order valence-corrected chi connectivity index (χ1v) is 8.28. The van der Waals surface area contributed by atoms with Gasteiger partial charge < -0.3 is 15.0 Å². The molecule has 4 saturated carbocycles. The third-order valence-electron chi connectivity index (χ3n) is 5.66. The van der Waals surface area contributed by atoms with Gasteiger partial charge >= 0.3 is 6.03 Å². The van der Waals surface area contributed by atoms with Crippen molar-refractivity contribution in [1.82, 2.24) is 10.2 Å². The molecular weight excluding hydrogens is 276 g/mol. The second-order valence-electron chi connectivity index (χ2n) is 7.42. The van der Waals surface area contributed by atoms with E-state index in [0.29, 0.717) is 26.3 Å². The van der Waals surface area contributed by atoms with Crippen LogP contribution in [-0.4, -0.2) is 47.6 Å². The van der Waals surface area contributed by atoms with Gasteiger partial charge in [0.2, 0.25) is 0 Å². The van der Waals surface area contributed by atoms with Crippen LogP contribution >= 0.6 is 11.6 Å². The Hall–Kier alpha value is -0.480. The number of ether oxygens (including phenoxy) is 1. The van der Waals surface area contributed by atoms with Crippen molar-refractivity contribution in [2.45, 2.75) is 48.9 Å². The molecule has 1 N–H and O–H groups in total. The van der Waals surface area contributed by atoms with Crippen LogP contribution in [0.5, 0.6) is 0 Å². The summed E-state index contributed by atoms with van der Waals surface area (Å²) in [5.74, 6) is 1.44. The first-order chi connectivity index (χ1) is 9.56. The molecule has 4 nitrogen and oxygen atoms in total. The quantitative estimate of drug-likeness (QED) is 0.755. The van der Waals surface area contributed by atoms with Crippen LogP contribution in [0.4, 0.5) is 4.79 Å². The molecular formula is C15H23ClN2O2. The standard InChI is InChI=1S/C15H23ClN2O2/c16-14-6-11-5-12(7-14)9-15(8-11,10-14)17-13(19)18-1-3-20-4-2-18/h11-12H,1-10H2,(H,17,19)/t11-,12-,14?,15?/m0/s1. The average Bonchev–Trinajstić information content (AvgIpc) is 2.36. The molecule has 112 valence electrons. The molecule has 0 aromatic carbocycles. The maximum Gasteiger partial charge on any atom is 0.317 e. The Balaban J connectivity index is 1.49. The molecule has 5 rings (SSSR count). The summed E-state index contributed by atoms with van der Waals surface area (Å²) in [7, 11) is 0. The SMILES string of the molecule is O=C(NC12C[C@H]3C[C@@H](CC(Cl)(C3)C1)C2)N1CCOCC1. The first kappa shape index (κ1) is 13.2. The number of halogens is 1. The van der Waals surface area contributed by atoms with Crippen LogP contribution < -0.4 is 5.32 Å². The van der Waals surface area contributed by atoms with E-state index in [0.717, 1.165) is 43.9 Å². The van der Waals surface area contributed by atoms with Gasteiger partial charge in [-0.3, -0.25) is 0 Å². The zero-order chi connectivity index (χ0) is 13.8. The summed E-state index contributed by atoms with van der Waals surface area (Å²) in [6, 6.07) is 0.0931. The van der Waals surface area contributed by atoms with E-state index in [1.807, 2.05) is 4.90 Å². The molecule has 0 radical (unpaired) electrons. The summed E-state index contributed by atoms with van der Waals surface area (Å²) < 4.78 is 5.32. The molecule has 20 heavy (non-hydrogen) atoms. The number of carbonyl (C=O) groups is 1. The minimum Gasteiger partial charge on any atom is -0.378 e. The van der Waals surface area contributed by atoms with Gasteiger partial charge in [-0.2, -0.15) is 0 Å². The lowest BCUT2D eigenvalue weighted by Gasteiger charge is -2.60. The molecule has 1 heterocycles. The Bertz CT molecular complexity index is 408. The third-order valence-corrected chi connectivity index (χ3v) is 6.10. The van der Waals surface area contributed by atoms with E-state index in [1.165, 1.54) is 6.42 Å². The molecule has 5 aliphatic rings. The van der Waals surface area contributed by atoms with Crippen LogP contribution in [0.15, 0.2) is 0 Å². The van der Waals surface area contributed by atoms with Gasteiger partial charge in [0.25, 0.3) is 0 Å². The number of morpholine rings is 1. The van der Waals surface area contributed by atoms with Gasteiger partial charge in [0.1, 0.15) is 0 Å². The largest absolute Gasteiger partial charge is 0.378 e. The van der Waals surface area contributed by atoms with Crippen molar-refractivity contribution < 1.29 is 9.53 Å². The smallest absolute Gasteiger partial charge is 0.317 e. The molecule has 0 aromatic heterocycles. The third kappa shape index (κ3) is 2.21. The van der Waals surface area contributed by atoms with Crippen molar-refractivity contribution in [2.24, 2.45) is 11.8 Å². The lowest BCUT2D eigenvalue weighted by Crippen LogP contribution is -2.65. The highest BCUT2D eigenvalue weighted by Gasteiger charge is 2.57. The fourth-order valence-electron chi connectivity index (χ4n) is 5.37. The maximum atomic E-state index is 12.5. The van der Waals surface area contributed by atoms with Gasteiger partial charge in [0, 0.05) is 23.5 Å². The fourth-order valence-corrected chi connectivity index (χ4v) is 6.06. The van der Waals surface area contributed by atoms with Crippen molar-refractivity contribution in [1.29, 1.82) is 0 Å². The van der Waals surface area contributed by atoms with Crippen molar-refractivity contribution >= 4 is 17.6 Å².